The summed E-state index contributed by atoms with van der Waals surface area (Å²) in [6.07, 6.45) is 3.93. The van der Waals surface area contributed by atoms with E-state index in [9.17, 15) is 10.2 Å². The molecule has 1 aliphatic rings. The van der Waals surface area contributed by atoms with Gasteiger partial charge >= 0.3 is 0 Å². The molecule has 0 spiro atoms. The first-order chi connectivity index (χ1) is 16.6. The zero-order chi connectivity index (χ0) is 23.5. The molecule has 0 amide bonds. The van der Waals surface area contributed by atoms with E-state index in [1.807, 2.05) is 30.3 Å². The molecule has 0 aliphatic carbocycles. The quantitative estimate of drug-likeness (QED) is 0.330. The summed E-state index contributed by atoms with van der Waals surface area (Å²) >= 11 is 0. The molecule has 5 rings (SSSR count). The number of benzene rings is 3. The Bertz CT molecular complexity index is 1240. The number of fused-ring (bicyclic) bond motifs is 1. The van der Waals surface area contributed by atoms with Crippen LogP contribution in [0.3, 0.4) is 0 Å². The average Bonchev–Trinajstić information content (AvgIpc) is 3.23. The van der Waals surface area contributed by atoms with E-state index >= 15 is 0 Å². The number of hydrogen-bond acceptors (Lipinski definition) is 5. The van der Waals surface area contributed by atoms with Crippen LogP contribution in [-0.2, 0) is 0 Å². The molecule has 0 saturated carbocycles. The Labute approximate surface area is 200 Å². The maximum Gasteiger partial charge on any atom is 0.139 e. The van der Waals surface area contributed by atoms with E-state index < -0.39 is 0 Å². The van der Waals surface area contributed by atoms with Gasteiger partial charge in [0.15, 0.2) is 0 Å². The van der Waals surface area contributed by atoms with Gasteiger partial charge in [-0.25, -0.2) is 0 Å². The molecule has 5 heteroatoms. The molecule has 1 saturated heterocycles. The van der Waals surface area contributed by atoms with Gasteiger partial charge in [-0.05, 0) is 80.0 Å². The SMILES string of the molecule is CC(c1ccc(OCCN2CCCCC2)cc1)c1c(-c2ccc(O)cc2)oc2cc(O)ccc12. The van der Waals surface area contributed by atoms with Crippen LogP contribution in [0.4, 0.5) is 0 Å². The maximum absolute atomic E-state index is 9.97. The Morgan fingerprint density at radius 2 is 1.59 bits per heavy atom. The molecule has 2 N–H and O–H groups in total. The number of phenolic OH excluding ortho intramolecular Hbond substituents is 2. The highest BCUT2D eigenvalue weighted by atomic mass is 16.5. The van der Waals surface area contributed by atoms with Crippen molar-refractivity contribution in [1.82, 2.24) is 4.90 Å². The normalized spacial score (nSPS) is 15.4. The Morgan fingerprint density at radius 1 is 0.882 bits per heavy atom. The third-order valence-electron chi connectivity index (χ3n) is 6.78. The second-order valence-electron chi connectivity index (χ2n) is 9.11. The van der Waals surface area contributed by atoms with Gasteiger partial charge in [-0.3, -0.25) is 4.90 Å². The maximum atomic E-state index is 9.97. The van der Waals surface area contributed by atoms with Crippen LogP contribution >= 0.6 is 0 Å². The molecule has 1 atom stereocenters. The molecule has 1 aliphatic heterocycles. The van der Waals surface area contributed by atoms with Crippen molar-refractivity contribution in [3.8, 4) is 28.6 Å². The van der Waals surface area contributed by atoms with E-state index in [2.05, 4.69) is 24.0 Å². The molecule has 1 aromatic heterocycles. The zero-order valence-corrected chi connectivity index (χ0v) is 19.5. The van der Waals surface area contributed by atoms with Crippen LogP contribution in [0.15, 0.2) is 71.1 Å². The number of piperidine rings is 1. The lowest BCUT2D eigenvalue weighted by molar-refractivity contribution is 0.183. The molecule has 0 radical (unpaired) electrons. The largest absolute Gasteiger partial charge is 0.508 e. The molecule has 34 heavy (non-hydrogen) atoms. The first kappa shape index (κ1) is 22.4. The lowest BCUT2D eigenvalue weighted by atomic mass is 9.89. The number of furan rings is 1. The summed E-state index contributed by atoms with van der Waals surface area (Å²) in [7, 11) is 0. The van der Waals surface area contributed by atoms with E-state index in [4.69, 9.17) is 9.15 Å². The van der Waals surface area contributed by atoms with E-state index in [1.165, 1.54) is 32.4 Å². The Balaban J connectivity index is 1.38. The van der Waals surface area contributed by atoms with Gasteiger partial charge in [0.2, 0.25) is 0 Å². The van der Waals surface area contributed by atoms with Gasteiger partial charge in [0.1, 0.15) is 35.2 Å². The van der Waals surface area contributed by atoms with Crippen molar-refractivity contribution < 1.29 is 19.4 Å². The minimum Gasteiger partial charge on any atom is -0.508 e. The molecule has 5 nitrogen and oxygen atoms in total. The molecule has 1 unspecified atom stereocenters. The molecule has 4 aromatic rings. The van der Waals surface area contributed by atoms with E-state index in [1.54, 1.807) is 24.3 Å². The minimum absolute atomic E-state index is 0.0528. The van der Waals surface area contributed by atoms with Gasteiger partial charge in [0, 0.05) is 35.0 Å². The van der Waals surface area contributed by atoms with E-state index in [0.29, 0.717) is 12.2 Å². The average molecular weight is 458 g/mol. The molecule has 3 aromatic carbocycles. The summed E-state index contributed by atoms with van der Waals surface area (Å²) in [4.78, 5) is 2.48. The zero-order valence-electron chi connectivity index (χ0n) is 19.5. The fourth-order valence-electron chi connectivity index (χ4n) is 4.86. The molecule has 0 bridgehead atoms. The van der Waals surface area contributed by atoms with Crippen molar-refractivity contribution in [2.45, 2.75) is 32.1 Å². The molecule has 1 fully saturated rings. The lowest BCUT2D eigenvalue weighted by Crippen LogP contribution is -2.33. The van der Waals surface area contributed by atoms with Crippen LogP contribution in [0.2, 0.25) is 0 Å². The van der Waals surface area contributed by atoms with Gasteiger partial charge in [0.25, 0.3) is 0 Å². The van der Waals surface area contributed by atoms with Crippen LogP contribution in [0.5, 0.6) is 17.2 Å². The first-order valence-corrected chi connectivity index (χ1v) is 12.1. The van der Waals surface area contributed by atoms with Gasteiger partial charge in [0.05, 0.1) is 0 Å². The fourth-order valence-corrected chi connectivity index (χ4v) is 4.86. The van der Waals surface area contributed by atoms with Gasteiger partial charge < -0.3 is 19.4 Å². The molecular formula is C29H31NO4. The second-order valence-corrected chi connectivity index (χ2v) is 9.11. The Morgan fingerprint density at radius 3 is 2.32 bits per heavy atom. The number of hydrogen-bond donors (Lipinski definition) is 2. The van der Waals surface area contributed by atoms with Crippen LogP contribution in [0, 0.1) is 0 Å². The Kier molecular flexibility index (Phi) is 6.45. The van der Waals surface area contributed by atoms with Crippen LogP contribution in [-0.4, -0.2) is 41.4 Å². The van der Waals surface area contributed by atoms with Crippen molar-refractivity contribution in [3.05, 3.63) is 77.9 Å². The third-order valence-corrected chi connectivity index (χ3v) is 6.78. The first-order valence-electron chi connectivity index (χ1n) is 12.1. The van der Waals surface area contributed by atoms with Crippen molar-refractivity contribution in [1.29, 1.82) is 0 Å². The van der Waals surface area contributed by atoms with E-state index in [0.717, 1.165) is 40.1 Å². The highest BCUT2D eigenvalue weighted by Gasteiger charge is 2.22. The standard InChI is InChI=1S/C29H31NO4/c1-20(21-7-12-25(13-8-21)33-18-17-30-15-3-2-4-16-30)28-26-14-11-24(32)19-27(26)34-29(28)22-5-9-23(31)10-6-22/h5-14,19-20,31-32H,2-4,15-18H2,1H3. The number of rotatable bonds is 7. The lowest BCUT2D eigenvalue weighted by Gasteiger charge is -2.26. The highest BCUT2D eigenvalue weighted by molar-refractivity contribution is 5.90. The van der Waals surface area contributed by atoms with Gasteiger partial charge in [-0.15, -0.1) is 0 Å². The van der Waals surface area contributed by atoms with Crippen molar-refractivity contribution >= 4 is 11.0 Å². The predicted molar refractivity (Wildman–Crippen MR) is 135 cm³/mol. The molecular weight excluding hydrogens is 426 g/mol. The number of likely N-dealkylation sites (tertiary alicyclic amines) is 1. The number of phenols is 2. The van der Waals surface area contributed by atoms with Gasteiger partial charge in [-0.1, -0.05) is 25.5 Å². The number of aromatic hydroxyl groups is 2. The fraction of sp³-hybridized carbons (Fsp3) is 0.310. The number of ether oxygens (including phenoxy) is 1. The van der Waals surface area contributed by atoms with E-state index in [-0.39, 0.29) is 17.4 Å². The predicted octanol–water partition coefficient (Wildman–Crippen LogP) is 6.53. The second kappa shape index (κ2) is 9.82. The summed E-state index contributed by atoms with van der Waals surface area (Å²) in [5, 5.41) is 20.7. The highest BCUT2D eigenvalue weighted by Crippen LogP contribution is 2.42. The third kappa shape index (κ3) is 4.75. The topological polar surface area (TPSA) is 66.1 Å². The minimum atomic E-state index is 0.0528. The molecule has 176 valence electrons. The van der Waals surface area contributed by atoms with Crippen LogP contribution < -0.4 is 4.74 Å². The van der Waals surface area contributed by atoms with Crippen molar-refractivity contribution in [2.24, 2.45) is 0 Å². The summed E-state index contributed by atoms with van der Waals surface area (Å²) in [6, 6.07) is 20.6. The monoisotopic (exact) mass is 457 g/mol. The Hall–Kier alpha value is -3.44. The summed E-state index contributed by atoms with van der Waals surface area (Å²) in [5.74, 6) is 2.06. The summed E-state index contributed by atoms with van der Waals surface area (Å²) < 4.78 is 12.2. The molecule has 2 heterocycles. The van der Waals surface area contributed by atoms with Gasteiger partial charge in [-0.2, -0.15) is 0 Å². The smallest absolute Gasteiger partial charge is 0.139 e. The van der Waals surface area contributed by atoms with Crippen molar-refractivity contribution in [3.63, 3.8) is 0 Å². The number of nitrogens with zero attached hydrogens (tertiary/aromatic N) is 1. The van der Waals surface area contributed by atoms with Crippen LogP contribution in [0.1, 0.15) is 43.2 Å². The van der Waals surface area contributed by atoms with Crippen molar-refractivity contribution in [2.75, 3.05) is 26.2 Å². The summed E-state index contributed by atoms with van der Waals surface area (Å²) in [6.45, 7) is 6.20. The summed E-state index contributed by atoms with van der Waals surface area (Å²) in [5.41, 5.74) is 3.73. The van der Waals surface area contributed by atoms with Crippen LogP contribution in [0.25, 0.3) is 22.3 Å².